The number of carbonyl (C=O) groups excluding carboxylic acids is 1. The summed E-state index contributed by atoms with van der Waals surface area (Å²) in [6, 6.07) is 9.70. The van der Waals surface area contributed by atoms with Crippen LogP contribution < -0.4 is 5.32 Å². The highest BCUT2D eigenvalue weighted by Gasteiger charge is 2.19. The summed E-state index contributed by atoms with van der Waals surface area (Å²) in [5, 5.41) is 2.72. The van der Waals surface area contributed by atoms with E-state index in [9.17, 15) is 4.79 Å². The molecule has 3 rings (SSSR count). The molecule has 0 radical (unpaired) electrons. The summed E-state index contributed by atoms with van der Waals surface area (Å²) in [5.41, 5.74) is 1.82. The molecule has 4 heteroatoms. The van der Waals surface area contributed by atoms with Gasteiger partial charge in [-0.05, 0) is 0 Å². The standard InChI is InChI=1S/C12H9N3O/c16-10-6-9-7-13-11(15-12(9)14-10)8-4-2-1-3-5-8/h1-5,7H,6H2,(H,13,14,15,16). The zero-order chi connectivity index (χ0) is 11.0. The predicted molar refractivity (Wildman–Crippen MR) is 59.8 cm³/mol. The highest BCUT2D eigenvalue weighted by Crippen LogP contribution is 2.23. The summed E-state index contributed by atoms with van der Waals surface area (Å²) in [5.74, 6) is 1.26. The van der Waals surface area contributed by atoms with Crippen molar-refractivity contribution in [3.63, 3.8) is 0 Å². The summed E-state index contributed by atoms with van der Waals surface area (Å²) >= 11 is 0. The molecule has 0 atom stereocenters. The molecule has 78 valence electrons. The molecule has 2 aromatic rings. The molecular weight excluding hydrogens is 202 g/mol. The number of hydrogen-bond donors (Lipinski definition) is 1. The minimum Gasteiger partial charge on any atom is -0.310 e. The Morgan fingerprint density at radius 1 is 1.19 bits per heavy atom. The van der Waals surface area contributed by atoms with Crippen molar-refractivity contribution in [2.75, 3.05) is 5.32 Å². The first kappa shape index (κ1) is 9.03. The van der Waals surface area contributed by atoms with Gasteiger partial charge in [0, 0.05) is 17.3 Å². The van der Waals surface area contributed by atoms with Crippen LogP contribution in [-0.4, -0.2) is 15.9 Å². The van der Waals surface area contributed by atoms with Crippen LogP contribution in [0, 0.1) is 0 Å². The van der Waals surface area contributed by atoms with E-state index in [2.05, 4.69) is 15.3 Å². The summed E-state index contributed by atoms with van der Waals surface area (Å²) in [7, 11) is 0. The second-order valence-corrected chi connectivity index (χ2v) is 3.66. The van der Waals surface area contributed by atoms with E-state index in [1.165, 1.54) is 0 Å². The molecule has 0 bridgehead atoms. The van der Waals surface area contributed by atoms with Crippen LogP contribution in [0.2, 0.25) is 0 Å². The molecule has 4 nitrogen and oxygen atoms in total. The van der Waals surface area contributed by atoms with E-state index < -0.39 is 0 Å². The van der Waals surface area contributed by atoms with Crippen molar-refractivity contribution >= 4 is 11.7 Å². The van der Waals surface area contributed by atoms with Crippen molar-refractivity contribution in [3.05, 3.63) is 42.1 Å². The van der Waals surface area contributed by atoms with Crippen LogP contribution >= 0.6 is 0 Å². The minimum atomic E-state index is -0.0190. The van der Waals surface area contributed by atoms with Crippen LogP contribution in [0.15, 0.2) is 36.5 Å². The van der Waals surface area contributed by atoms with Crippen molar-refractivity contribution in [2.45, 2.75) is 6.42 Å². The fourth-order valence-corrected chi connectivity index (χ4v) is 1.72. The first-order valence-electron chi connectivity index (χ1n) is 5.04. The van der Waals surface area contributed by atoms with Gasteiger partial charge in [-0.3, -0.25) is 4.79 Å². The Morgan fingerprint density at radius 3 is 2.81 bits per heavy atom. The summed E-state index contributed by atoms with van der Waals surface area (Å²) in [6.07, 6.45) is 2.09. The van der Waals surface area contributed by atoms with E-state index in [1.807, 2.05) is 30.3 Å². The van der Waals surface area contributed by atoms with Gasteiger partial charge in [0.2, 0.25) is 5.91 Å². The number of carbonyl (C=O) groups is 1. The maximum absolute atomic E-state index is 11.2. The van der Waals surface area contributed by atoms with Gasteiger partial charge in [-0.1, -0.05) is 30.3 Å². The Morgan fingerprint density at radius 2 is 2.00 bits per heavy atom. The molecule has 16 heavy (non-hydrogen) atoms. The Hall–Kier alpha value is -2.23. The number of benzene rings is 1. The van der Waals surface area contributed by atoms with Gasteiger partial charge >= 0.3 is 0 Å². The van der Waals surface area contributed by atoms with Gasteiger partial charge in [-0.15, -0.1) is 0 Å². The molecule has 1 amide bonds. The molecule has 1 aliphatic rings. The molecular formula is C12H9N3O. The third kappa shape index (κ3) is 1.44. The monoisotopic (exact) mass is 211 g/mol. The largest absolute Gasteiger partial charge is 0.310 e. The van der Waals surface area contributed by atoms with Gasteiger partial charge in [-0.25, -0.2) is 9.97 Å². The second kappa shape index (κ2) is 3.41. The number of hydrogen-bond acceptors (Lipinski definition) is 3. The van der Waals surface area contributed by atoms with Crippen molar-refractivity contribution in [1.29, 1.82) is 0 Å². The lowest BCUT2D eigenvalue weighted by molar-refractivity contribution is -0.115. The number of fused-ring (bicyclic) bond motifs is 1. The normalized spacial score (nSPS) is 13.4. The van der Waals surface area contributed by atoms with E-state index in [0.29, 0.717) is 18.1 Å². The number of amides is 1. The third-order valence-electron chi connectivity index (χ3n) is 2.51. The van der Waals surface area contributed by atoms with Crippen LogP contribution in [0.4, 0.5) is 5.82 Å². The molecule has 1 aliphatic heterocycles. The zero-order valence-electron chi connectivity index (χ0n) is 8.47. The lowest BCUT2D eigenvalue weighted by Crippen LogP contribution is -2.04. The van der Waals surface area contributed by atoms with Crippen LogP contribution in [0.25, 0.3) is 11.4 Å². The number of anilines is 1. The van der Waals surface area contributed by atoms with Gasteiger partial charge in [0.05, 0.1) is 6.42 Å². The van der Waals surface area contributed by atoms with E-state index in [0.717, 1.165) is 11.1 Å². The van der Waals surface area contributed by atoms with Gasteiger partial charge < -0.3 is 5.32 Å². The average Bonchev–Trinajstić information content (AvgIpc) is 2.69. The maximum atomic E-state index is 11.2. The van der Waals surface area contributed by atoms with E-state index in [-0.39, 0.29) is 5.91 Å². The predicted octanol–water partition coefficient (Wildman–Crippen LogP) is 1.64. The quantitative estimate of drug-likeness (QED) is 0.780. The van der Waals surface area contributed by atoms with E-state index >= 15 is 0 Å². The highest BCUT2D eigenvalue weighted by atomic mass is 16.1. The van der Waals surface area contributed by atoms with Crippen LogP contribution in [0.1, 0.15) is 5.56 Å². The fourth-order valence-electron chi connectivity index (χ4n) is 1.72. The Kier molecular flexibility index (Phi) is 1.93. The lowest BCUT2D eigenvalue weighted by Gasteiger charge is -2.01. The van der Waals surface area contributed by atoms with Crippen molar-refractivity contribution in [2.24, 2.45) is 0 Å². The Labute approximate surface area is 92.4 Å². The average molecular weight is 211 g/mol. The fraction of sp³-hybridized carbons (Fsp3) is 0.0833. The van der Waals surface area contributed by atoms with Gasteiger partial charge in [-0.2, -0.15) is 0 Å². The topological polar surface area (TPSA) is 54.9 Å². The lowest BCUT2D eigenvalue weighted by atomic mass is 10.2. The van der Waals surface area contributed by atoms with Crippen molar-refractivity contribution in [3.8, 4) is 11.4 Å². The zero-order valence-corrected chi connectivity index (χ0v) is 8.47. The van der Waals surface area contributed by atoms with Gasteiger partial charge in [0.15, 0.2) is 5.82 Å². The molecule has 1 aromatic carbocycles. The molecule has 0 unspecified atom stereocenters. The Balaban J connectivity index is 2.06. The van der Waals surface area contributed by atoms with Crippen LogP contribution in [0.3, 0.4) is 0 Å². The highest BCUT2D eigenvalue weighted by molar-refractivity contribution is 5.97. The summed E-state index contributed by atoms with van der Waals surface area (Å²) < 4.78 is 0. The van der Waals surface area contributed by atoms with Gasteiger partial charge in [0.1, 0.15) is 5.82 Å². The van der Waals surface area contributed by atoms with E-state index in [1.54, 1.807) is 6.20 Å². The SMILES string of the molecule is O=C1Cc2cnc(-c3ccccc3)nc2N1. The third-order valence-corrected chi connectivity index (χ3v) is 2.51. The smallest absolute Gasteiger partial charge is 0.230 e. The molecule has 0 fully saturated rings. The minimum absolute atomic E-state index is 0.0190. The maximum Gasteiger partial charge on any atom is 0.230 e. The summed E-state index contributed by atoms with van der Waals surface area (Å²) in [4.78, 5) is 19.8. The molecule has 0 aliphatic carbocycles. The molecule has 2 heterocycles. The van der Waals surface area contributed by atoms with E-state index in [4.69, 9.17) is 0 Å². The molecule has 0 saturated carbocycles. The van der Waals surface area contributed by atoms with Crippen LogP contribution in [0.5, 0.6) is 0 Å². The second-order valence-electron chi connectivity index (χ2n) is 3.66. The number of rotatable bonds is 1. The Bertz CT molecular complexity index is 551. The van der Waals surface area contributed by atoms with Gasteiger partial charge in [0.25, 0.3) is 0 Å². The number of aromatic nitrogens is 2. The van der Waals surface area contributed by atoms with Crippen molar-refractivity contribution in [1.82, 2.24) is 9.97 Å². The molecule has 1 N–H and O–H groups in total. The first-order valence-corrected chi connectivity index (χ1v) is 5.04. The first-order chi connectivity index (χ1) is 7.83. The molecule has 0 spiro atoms. The van der Waals surface area contributed by atoms with Crippen molar-refractivity contribution < 1.29 is 4.79 Å². The number of nitrogens with zero attached hydrogens (tertiary/aromatic N) is 2. The van der Waals surface area contributed by atoms with Crippen LogP contribution in [-0.2, 0) is 11.2 Å². The number of nitrogens with one attached hydrogen (secondary N) is 1. The molecule has 1 aromatic heterocycles. The summed E-state index contributed by atoms with van der Waals surface area (Å²) in [6.45, 7) is 0. The molecule has 0 saturated heterocycles.